The molecule has 4 aromatic rings. The normalized spacial score (nSPS) is 12.0. The first-order chi connectivity index (χ1) is 10.7. The Morgan fingerprint density at radius 1 is 0.955 bits per heavy atom. The van der Waals surface area contributed by atoms with Crippen LogP contribution < -0.4 is 0 Å². The molecule has 3 nitrogen and oxygen atoms in total. The molecule has 0 aliphatic rings. The van der Waals surface area contributed by atoms with Crippen molar-refractivity contribution in [1.29, 1.82) is 0 Å². The molecule has 2 aromatic carbocycles. The van der Waals surface area contributed by atoms with Crippen LogP contribution in [0.1, 0.15) is 0 Å². The van der Waals surface area contributed by atoms with E-state index in [0.29, 0.717) is 0 Å². The lowest BCUT2D eigenvalue weighted by atomic mass is 10.1. The van der Waals surface area contributed by atoms with E-state index in [4.69, 9.17) is 4.98 Å². The number of rotatable bonds is 3. The van der Waals surface area contributed by atoms with E-state index in [2.05, 4.69) is 72.1 Å². The van der Waals surface area contributed by atoms with Crippen LogP contribution in [0, 0.1) is 0 Å². The van der Waals surface area contributed by atoms with Crippen LogP contribution >= 0.6 is 0 Å². The van der Waals surface area contributed by atoms with E-state index < -0.39 is 0 Å². The Labute approximate surface area is 129 Å². The van der Waals surface area contributed by atoms with Crippen molar-refractivity contribution in [3.63, 3.8) is 0 Å². The summed E-state index contributed by atoms with van der Waals surface area (Å²) in [6.07, 6.45) is 0. The minimum Gasteiger partial charge on any atom is -0.324 e. The molecule has 0 fully saturated rings. The average molecular weight is 289 g/mol. The summed E-state index contributed by atoms with van der Waals surface area (Å²) in [6, 6.07) is 19.2. The summed E-state index contributed by atoms with van der Waals surface area (Å²) in [5.41, 5.74) is 3.41. The number of aromatic nitrogens is 2. The molecular formula is C19H19N3. The van der Waals surface area contributed by atoms with Crippen LogP contribution in [-0.2, 0) is 6.54 Å². The van der Waals surface area contributed by atoms with Gasteiger partial charge in [0.2, 0.25) is 0 Å². The fraction of sp³-hybridized carbons (Fsp3) is 0.211. The molecular weight excluding hydrogens is 270 g/mol. The fourth-order valence-electron chi connectivity index (χ4n) is 3.09. The number of pyridine rings is 1. The summed E-state index contributed by atoms with van der Waals surface area (Å²) in [5, 5.41) is 3.73. The van der Waals surface area contributed by atoms with Crippen LogP contribution in [0.2, 0.25) is 0 Å². The zero-order chi connectivity index (χ0) is 15.1. The van der Waals surface area contributed by atoms with E-state index in [1.165, 1.54) is 21.7 Å². The maximum absolute atomic E-state index is 4.94. The van der Waals surface area contributed by atoms with Crippen molar-refractivity contribution in [2.75, 3.05) is 20.6 Å². The van der Waals surface area contributed by atoms with E-state index in [1.54, 1.807) is 0 Å². The minimum absolute atomic E-state index is 0.947. The Balaban J connectivity index is 2.06. The van der Waals surface area contributed by atoms with Crippen LogP contribution in [0.4, 0.5) is 0 Å². The fourth-order valence-corrected chi connectivity index (χ4v) is 3.09. The first kappa shape index (κ1) is 13.3. The van der Waals surface area contributed by atoms with Crippen molar-refractivity contribution in [3.8, 4) is 0 Å². The molecule has 110 valence electrons. The number of hydrogen-bond donors (Lipinski definition) is 0. The van der Waals surface area contributed by atoms with Gasteiger partial charge in [-0.1, -0.05) is 36.4 Å². The van der Waals surface area contributed by atoms with E-state index in [1.807, 2.05) is 6.07 Å². The summed E-state index contributed by atoms with van der Waals surface area (Å²) in [5.74, 6) is 0. The summed E-state index contributed by atoms with van der Waals surface area (Å²) < 4.78 is 2.34. The van der Waals surface area contributed by atoms with Crippen molar-refractivity contribution in [1.82, 2.24) is 14.5 Å². The van der Waals surface area contributed by atoms with Gasteiger partial charge in [-0.05, 0) is 32.3 Å². The Bertz CT molecular complexity index is 966. The van der Waals surface area contributed by atoms with Gasteiger partial charge in [-0.3, -0.25) is 0 Å². The maximum Gasteiger partial charge on any atom is 0.141 e. The summed E-state index contributed by atoms with van der Waals surface area (Å²) >= 11 is 0. The molecule has 0 atom stereocenters. The first-order valence-corrected chi connectivity index (χ1v) is 7.65. The molecule has 22 heavy (non-hydrogen) atoms. The van der Waals surface area contributed by atoms with E-state index in [0.717, 1.165) is 24.3 Å². The number of nitrogens with zero attached hydrogens (tertiary/aromatic N) is 3. The first-order valence-electron chi connectivity index (χ1n) is 7.65. The smallest absolute Gasteiger partial charge is 0.141 e. The standard InChI is InChI=1S/C19H19N3/c1-21(2)11-12-22-18-10-6-4-8-15(18)16-13-14-7-3-5-9-17(14)20-19(16)22/h3-10,13H,11-12H2,1-2H3. The number of likely N-dealkylation sites (N-methyl/N-ethyl adjacent to an activating group) is 1. The second-order valence-corrected chi connectivity index (χ2v) is 6.02. The van der Waals surface area contributed by atoms with Crippen LogP contribution in [0.25, 0.3) is 32.8 Å². The number of para-hydroxylation sites is 2. The molecule has 0 aliphatic heterocycles. The van der Waals surface area contributed by atoms with Crippen LogP contribution in [-0.4, -0.2) is 35.1 Å². The third-order valence-corrected chi connectivity index (χ3v) is 4.22. The Kier molecular flexibility index (Phi) is 3.09. The molecule has 0 unspecified atom stereocenters. The quantitative estimate of drug-likeness (QED) is 0.570. The van der Waals surface area contributed by atoms with Gasteiger partial charge in [0.1, 0.15) is 5.65 Å². The van der Waals surface area contributed by atoms with Crippen LogP contribution in [0.5, 0.6) is 0 Å². The van der Waals surface area contributed by atoms with Crippen molar-refractivity contribution >= 4 is 32.8 Å². The second kappa shape index (κ2) is 5.11. The van der Waals surface area contributed by atoms with Gasteiger partial charge in [0, 0.05) is 29.2 Å². The van der Waals surface area contributed by atoms with Gasteiger partial charge in [-0.25, -0.2) is 4.98 Å². The number of hydrogen-bond acceptors (Lipinski definition) is 2. The molecule has 0 N–H and O–H groups in total. The Morgan fingerprint density at radius 3 is 2.59 bits per heavy atom. The highest BCUT2D eigenvalue weighted by Gasteiger charge is 2.12. The maximum atomic E-state index is 4.94. The lowest BCUT2D eigenvalue weighted by Crippen LogP contribution is -2.18. The highest BCUT2D eigenvalue weighted by atomic mass is 15.1. The van der Waals surface area contributed by atoms with Gasteiger partial charge in [0.05, 0.1) is 11.0 Å². The molecule has 3 heteroatoms. The molecule has 0 saturated heterocycles. The third kappa shape index (κ3) is 2.06. The van der Waals surface area contributed by atoms with Gasteiger partial charge in [0.25, 0.3) is 0 Å². The molecule has 0 radical (unpaired) electrons. The largest absolute Gasteiger partial charge is 0.324 e. The van der Waals surface area contributed by atoms with Gasteiger partial charge < -0.3 is 9.47 Å². The van der Waals surface area contributed by atoms with Crippen molar-refractivity contribution < 1.29 is 0 Å². The third-order valence-electron chi connectivity index (χ3n) is 4.22. The molecule has 2 heterocycles. The van der Waals surface area contributed by atoms with Gasteiger partial charge >= 0.3 is 0 Å². The molecule has 2 aromatic heterocycles. The average Bonchev–Trinajstić information content (AvgIpc) is 2.84. The summed E-state index contributed by atoms with van der Waals surface area (Å²) in [4.78, 5) is 7.15. The highest BCUT2D eigenvalue weighted by Crippen LogP contribution is 2.30. The predicted octanol–water partition coefficient (Wildman–Crippen LogP) is 3.90. The zero-order valence-corrected chi connectivity index (χ0v) is 13.0. The second-order valence-electron chi connectivity index (χ2n) is 6.02. The van der Waals surface area contributed by atoms with Gasteiger partial charge in [0.15, 0.2) is 0 Å². The summed E-state index contributed by atoms with van der Waals surface area (Å²) in [7, 11) is 4.22. The SMILES string of the molecule is CN(C)CCn1c2ccccc2c2cc3ccccc3nc21. The van der Waals surface area contributed by atoms with Crippen LogP contribution in [0.15, 0.2) is 54.6 Å². The molecule has 0 bridgehead atoms. The lowest BCUT2D eigenvalue weighted by molar-refractivity contribution is 0.389. The van der Waals surface area contributed by atoms with Crippen molar-refractivity contribution in [2.24, 2.45) is 0 Å². The van der Waals surface area contributed by atoms with E-state index >= 15 is 0 Å². The number of benzene rings is 2. The zero-order valence-electron chi connectivity index (χ0n) is 13.0. The molecule has 0 spiro atoms. The summed E-state index contributed by atoms with van der Waals surface area (Å²) in [6.45, 7) is 1.95. The Morgan fingerprint density at radius 2 is 1.73 bits per heavy atom. The minimum atomic E-state index is 0.947. The van der Waals surface area contributed by atoms with Crippen molar-refractivity contribution in [3.05, 3.63) is 54.6 Å². The van der Waals surface area contributed by atoms with Gasteiger partial charge in [-0.2, -0.15) is 0 Å². The molecule has 0 aliphatic carbocycles. The van der Waals surface area contributed by atoms with Crippen molar-refractivity contribution in [2.45, 2.75) is 6.54 Å². The molecule has 0 saturated carbocycles. The van der Waals surface area contributed by atoms with Crippen LogP contribution in [0.3, 0.4) is 0 Å². The highest BCUT2D eigenvalue weighted by molar-refractivity contribution is 6.10. The lowest BCUT2D eigenvalue weighted by Gasteiger charge is -2.12. The molecule has 4 rings (SSSR count). The monoisotopic (exact) mass is 289 g/mol. The predicted molar refractivity (Wildman–Crippen MR) is 93.3 cm³/mol. The van der Waals surface area contributed by atoms with E-state index in [9.17, 15) is 0 Å². The Hall–Kier alpha value is -2.39. The topological polar surface area (TPSA) is 21.1 Å². The number of fused-ring (bicyclic) bond motifs is 4. The van der Waals surface area contributed by atoms with E-state index in [-0.39, 0.29) is 0 Å². The van der Waals surface area contributed by atoms with Gasteiger partial charge in [-0.15, -0.1) is 0 Å². The molecule has 0 amide bonds.